The van der Waals surface area contributed by atoms with Crippen LogP contribution in [0.25, 0.3) is 0 Å². The van der Waals surface area contributed by atoms with Gasteiger partial charge in [-0.15, -0.1) is 0 Å². The van der Waals surface area contributed by atoms with Crippen LogP contribution in [0.15, 0.2) is 35.1 Å². The first kappa shape index (κ1) is 21.9. The fourth-order valence-electron chi connectivity index (χ4n) is 4.15. The summed E-state index contributed by atoms with van der Waals surface area (Å²) < 4.78 is 7.02. The third-order valence-corrected chi connectivity index (χ3v) is 6.17. The SMILES string of the molecule is Cc1noc(C)c1Cn1cc(C(C)C2CC(=O)N(Cc3cccc(CO)n3)CC2=O)cn1. The Morgan fingerprint density at radius 3 is 2.72 bits per heavy atom. The molecule has 0 aromatic carbocycles. The number of aryl methyl sites for hydroxylation is 2. The maximum atomic E-state index is 12.9. The zero-order valence-electron chi connectivity index (χ0n) is 18.5. The molecule has 9 heteroatoms. The molecule has 4 rings (SSSR count). The number of rotatable bonds is 7. The van der Waals surface area contributed by atoms with Crippen LogP contribution in [0, 0.1) is 19.8 Å². The summed E-state index contributed by atoms with van der Waals surface area (Å²) in [6.45, 7) is 6.43. The molecule has 0 spiro atoms. The van der Waals surface area contributed by atoms with Gasteiger partial charge in [-0.1, -0.05) is 18.1 Å². The van der Waals surface area contributed by atoms with Gasteiger partial charge in [-0.05, 0) is 37.5 Å². The average Bonchev–Trinajstić information content (AvgIpc) is 3.38. The summed E-state index contributed by atoms with van der Waals surface area (Å²) >= 11 is 0. The van der Waals surface area contributed by atoms with Crippen LogP contribution in [0.5, 0.6) is 0 Å². The zero-order chi connectivity index (χ0) is 22.8. The highest BCUT2D eigenvalue weighted by molar-refractivity contribution is 5.95. The van der Waals surface area contributed by atoms with Crippen molar-refractivity contribution in [1.29, 1.82) is 0 Å². The first-order chi connectivity index (χ1) is 15.4. The van der Waals surface area contributed by atoms with E-state index in [1.165, 1.54) is 4.90 Å². The van der Waals surface area contributed by atoms with E-state index < -0.39 is 0 Å². The summed E-state index contributed by atoms with van der Waals surface area (Å²) in [7, 11) is 0. The van der Waals surface area contributed by atoms with E-state index in [1.54, 1.807) is 29.1 Å². The summed E-state index contributed by atoms with van der Waals surface area (Å²) in [5.41, 5.74) is 3.95. The van der Waals surface area contributed by atoms with Crippen molar-refractivity contribution < 1.29 is 19.2 Å². The number of aliphatic hydroxyl groups is 1. The van der Waals surface area contributed by atoms with Crippen LogP contribution in [-0.2, 0) is 29.3 Å². The Balaban J connectivity index is 1.42. The van der Waals surface area contributed by atoms with Gasteiger partial charge >= 0.3 is 0 Å². The number of likely N-dealkylation sites (tertiary alicyclic amines) is 1. The maximum Gasteiger partial charge on any atom is 0.224 e. The zero-order valence-corrected chi connectivity index (χ0v) is 18.5. The number of hydrogen-bond donors (Lipinski definition) is 1. The van der Waals surface area contributed by atoms with Crippen molar-refractivity contribution in [2.75, 3.05) is 6.54 Å². The number of carbonyl (C=O) groups excluding carboxylic acids is 2. The molecule has 1 aliphatic heterocycles. The minimum absolute atomic E-state index is 0.0360. The molecule has 1 amide bonds. The lowest BCUT2D eigenvalue weighted by Crippen LogP contribution is -2.45. The Morgan fingerprint density at radius 1 is 1.22 bits per heavy atom. The van der Waals surface area contributed by atoms with E-state index in [0.717, 1.165) is 22.6 Å². The van der Waals surface area contributed by atoms with Gasteiger partial charge in [0.25, 0.3) is 0 Å². The summed E-state index contributed by atoms with van der Waals surface area (Å²) in [6.07, 6.45) is 3.84. The van der Waals surface area contributed by atoms with E-state index in [9.17, 15) is 14.7 Å². The molecule has 1 fully saturated rings. The number of ketones is 1. The topological polar surface area (TPSA) is 114 Å². The Labute approximate surface area is 186 Å². The molecule has 9 nitrogen and oxygen atoms in total. The predicted octanol–water partition coefficient (Wildman–Crippen LogP) is 2.14. The highest BCUT2D eigenvalue weighted by Gasteiger charge is 2.36. The number of nitrogens with zero attached hydrogens (tertiary/aromatic N) is 5. The first-order valence-electron chi connectivity index (χ1n) is 10.7. The van der Waals surface area contributed by atoms with Crippen molar-refractivity contribution in [3.05, 3.63) is 64.6 Å². The van der Waals surface area contributed by atoms with E-state index in [2.05, 4.69) is 15.2 Å². The number of piperidine rings is 1. The molecule has 0 bridgehead atoms. The first-order valence-corrected chi connectivity index (χ1v) is 10.7. The largest absolute Gasteiger partial charge is 0.390 e. The number of aromatic nitrogens is 4. The number of pyridine rings is 1. The Bertz CT molecular complexity index is 1120. The number of aliphatic hydroxyl groups excluding tert-OH is 1. The normalized spacial score (nSPS) is 17.8. The van der Waals surface area contributed by atoms with Crippen molar-refractivity contribution in [2.45, 2.75) is 52.8 Å². The number of carbonyl (C=O) groups is 2. The number of amides is 1. The molecule has 4 heterocycles. The second-order valence-electron chi connectivity index (χ2n) is 8.37. The highest BCUT2D eigenvalue weighted by Crippen LogP contribution is 2.31. The summed E-state index contributed by atoms with van der Waals surface area (Å²) in [5.74, 6) is 0.226. The van der Waals surface area contributed by atoms with E-state index in [4.69, 9.17) is 4.52 Å². The lowest BCUT2D eigenvalue weighted by molar-refractivity contribution is -0.145. The molecule has 1 saturated heterocycles. The van der Waals surface area contributed by atoms with Crippen molar-refractivity contribution in [2.24, 2.45) is 5.92 Å². The number of hydrogen-bond acceptors (Lipinski definition) is 7. The lowest BCUT2D eigenvalue weighted by atomic mass is 9.81. The van der Waals surface area contributed by atoms with Crippen LogP contribution in [-0.4, -0.2) is 48.2 Å². The Hall–Kier alpha value is -3.33. The monoisotopic (exact) mass is 437 g/mol. The molecule has 2 atom stereocenters. The van der Waals surface area contributed by atoms with Gasteiger partial charge in [-0.25, -0.2) is 0 Å². The van der Waals surface area contributed by atoms with Crippen LogP contribution in [0.3, 0.4) is 0 Å². The quantitative estimate of drug-likeness (QED) is 0.602. The summed E-state index contributed by atoms with van der Waals surface area (Å²) in [5, 5.41) is 17.7. The van der Waals surface area contributed by atoms with Crippen LogP contribution >= 0.6 is 0 Å². The Kier molecular flexibility index (Phi) is 6.18. The van der Waals surface area contributed by atoms with Gasteiger partial charge in [-0.3, -0.25) is 19.3 Å². The minimum Gasteiger partial charge on any atom is -0.390 e. The van der Waals surface area contributed by atoms with E-state index in [-0.39, 0.29) is 49.6 Å². The molecule has 32 heavy (non-hydrogen) atoms. The third kappa shape index (κ3) is 4.47. The smallest absolute Gasteiger partial charge is 0.224 e. The molecular weight excluding hydrogens is 410 g/mol. The minimum atomic E-state index is -0.382. The van der Waals surface area contributed by atoms with Gasteiger partial charge < -0.3 is 14.5 Å². The van der Waals surface area contributed by atoms with Crippen LogP contribution in [0.2, 0.25) is 0 Å². The number of Topliss-reactive ketones (excluding diaryl/α,β-unsaturated/α-hetero) is 1. The summed E-state index contributed by atoms with van der Waals surface area (Å²) in [6, 6.07) is 5.30. The lowest BCUT2D eigenvalue weighted by Gasteiger charge is -2.33. The van der Waals surface area contributed by atoms with Crippen molar-refractivity contribution >= 4 is 11.7 Å². The molecule has 2 unspecified atom stereocenters. The average molecular weight is 438 g/mol. The van der Waals surface area contributed by atoms with Crippen LogP contribution in [0.4, 0.5) is 0 Å². The molecule has 0 radical (unpaired) electrons. The van der Waals surface area contributed by atoms with Crippen LogP contribution < -0.4 is 0 Å². The highest BCUT2D eigenvalue weighted by atomic mass is 16.5. The van der Waals surface area contributed by atoms with Crippen molar-refractivity contribution in [1.82, 2.24) is 24.8 Å². The van der Waals surface area contributed by atoms with Crippen LogP contribution in [0.1, 0.15) is 53.2 Å². The van der Waals surface area contributed by atoms with Gasteiger partial charge in [-0.2, -0.15) is 5.10 Å². The molecule has 0 saturated carbocycles. The second kappa shape index (κ2) is 9.04. The molecule has 3 aromatic heterocycles. The van der Waals surface area contributed by atoms with Crippen molar-refractivity contribution in [3.63, 3.8) is 0 Å². The Morgan fingerprint density at radius 2 is 2.00 bits per heavy atom. The molecule has 3 aromatic rings. The van der Waals surface area contributed by atoms with Gasteiger partial charge in [0.15, 0.2) is 5.78 Å². The standard InChI is InChI=1S/C23H27N5O4/c1-14(17-8-24-28(9-17)11-21-15(2)26-32-16(21)3)20-7-23(31)27(12-22(20)30)10-18-5-4-6-19(13-29)25-18/h4-6,8-9,14,20,29H,7,10-13H2,1-3H3. The van der Waals surface area contributed by atoms with Crippen molar-refractivity contribution in [3.8, 4) is 0 Å². The summed E-state index contributed by atoms with van der Waals surface area (Å²) in [4.78, 5) is 31.6. The van der Waals surface area contributed by atoms with Gasteiger partial charge in [0.05, 0.1) is 49.5 Å². The molecular formula is C23H27N5O4. The molecule has 0 aliphatic carbocycles. The molecule has 168 valence electrons. The molecule has 1 N–H and O–H groups in total. The van der Waals surface area contributed by atoms with E-state index >= 15 is 0 Å². The van der Waals surface area contributed by atoms with Gasteiger partial charge in [0.2, 0.25) is 5.91 Å². The fraction of sp³-hybridized carbons (Fsp3) is 0.435. The second-order valence-corrected chi connectivity index (χ2v) is 8.37. The van der Waals surface area contributed by atoms with Gasteiger partial charge in [0, 0.05) is 24.1 Å². The van der Waals surface area contributed by atoms with Gasteiger partial charge in [0.1, 0.15) is 5.76 Å². The maximum absolute atomic E-state index is 12.9. The van der Waals surface area contributed by atoms with E-state index in [1.807, 2.05) is 27.0 Å². The molecule has 1 aliphatic rings. The van der Waals surface area contributed by atoms with E-state index in [0.29, 0.717) is 17.9 Å². The third-order valence-electron chi connectivity index (χ3n) is 6.17. The fourth-order valence-corrected chi connectivity index (χ4v) is 4.15. The predicted molar refractivity (Wildman–Crippen MR) is 114 cm³/mol.